The molecule has 80 heavy (non-hydrogen) atoms. The zero-order valence-electron chi connectivity index (χ0n) is 48.8. The normalized spacial score (nSPS) is 13.5. The number of hydrogen-bond donors (Lipinski definition) is 1. The second-order valence-corrected chi connectivity index (χ2v) is 24.5. The molecule has 0 unspecified atom stereocenters. The Morgan fingerprint density at radius 3 is 1.05 bits per heavy atom. The van der Waals surface area contributed by atoms with E-state index in [9.17, 15) is 0 Å². The molecule has 2 aliphatic rings. The number of anilines is 8. The molecule has 0 heterocycles. The highest BCUT2D eigenvalue weighted by Gasteiger charge is 2.42. The summed E-state index contributed by atoms with van der Waals surface area (Å²) in [6.07, 6.45) is 0. The van der Waals surface area contributed by atoms with Gasteiger partial charge in [-0.15, -0.1) is 0 Å². The summed E-state index contributed by atoms with van der Waals surface area (Å²) in [7, 11) is 0. The molecule has 0 aliphatic heterocycles. The van der Waals surface area contributed by atoms with Gasteiger partial charge in [0.15, 0.2) is 0 Å². The summed E-state index contributed by atoms with van der Waals surface area (Å²) in [6.45, 7) is 29.8. The van der Waals surface area contributed by atoms with E-state index in [0.29, 0.717) is 0 Å². The number of nitrogens with one attached hydrogen (secondary N) is 1. The lowest BCUT2D eigenvalue weighted by atomic mass is 9.80. The zero-order valence-corrected chi connectivity index (χ0v) is 48.8. The number of fused-ring (bicyclic) bond motifs is 10. The molecule has 3 nitrogen and oxygen atoms in total. The Morgan fingerprint density at radius 2 is 0.650 bits per heavy atom. The van der Waals surface area contributed by atoms with Crippen LogP contribution in [0.5, 0.6) is 0 Å². The van der Waals surface area contributed by atoms with Crippen molar-refractivity contribution in [1.82, 2.24) is 0 Å². The van der Waals surface area contributed by atoms with Crippen molar-refractivity contribution in [1.29, 1.82) is 0 Å². The van der Waals surface area contributed by atoms with Gasteiger partial charge < -0.3 is 15.1 Å². The summed E-state index contributed by atoms with van der Waals surface area (Å²) in [4.78, 5) is 5.06. The molecule has 0 bridgehead atoms. The first-order chi connectivity index (χ1) is 38.4. The molecule has 0 fully saturated rings. The van der Waals surface area contributed by atoms with Gasteiger partial charge in [-0.2, -0.15) is 0 Å². The fourth-order valence-corrected chi connectivity index (χ4v) is 14.0. The molecule has 0 saturated heterocycles. The van der Waals surface area contributed by atoms with E-state index in [1.165, 1.54) is 161 Å². The van der Waals surface area contributed by atoms with Gasteiger partial charge in [-0.05, 0) is 218 Å². The van der Waals surface area contributed by atoms with Crippen molar-refractivity contribution in [2.45, 2.75) is 101 Å². The standard InChI is InChI=1S/C77H71N3/c1-45-27-31-68(50(6)35-45)79(69-32-28-46(2)36-51(69)7)72-43-65-74(57-25-19-17-23-55(57)72)61-40-59(49(5)39-63(61)76(65,10)11)60-41-62-64(42-67(60)78-54-21-15-14-16-22-54)77(12,13)66-44-73(56-24-18-20-26-58(56)75(62)66)80(70-33-29-47(3)37-52(70)8)71-34-30-48(4)38-53(71)9/h14-44,78H,1-13H3. The second-order valence-electron chi connectivity index (χ2n) is 24.5. The number of rotatable bonds is 9. The lowest BCUT2D eigenvalue weighted by Gasteiger charge is -2.32. The van der Waals surface area contributed by atoms with E-state index in [4.69, 9.17) is 0 Å². The zero-order chi connectivity index (χ0) is 55.7. The molecule has 0 aromatic heterocycles. The van der Waals surface area contributed by atoms with Crippen LogP contribution in [-0.2, 0) is 10.8 Å². The molecular weight excluding hydrogens is 967 g/mol. The van der Waals surface area contributed by atoms with Crippen LogP contribution in [0.4, 0.5) is 45.5 Å². The fraction of sp³-hybridized carbons (Fsp3) is 0.195. The van der Waals surface area contributed by atoms with E-state index in [1.54, 1.807) is 0 Å². The minimum atomic E-state index is -0.333. The van der Waals surface area contributed by atoms with Crippen LogP contribution in [0.2, 0.25) is 0 Å². The highest BCUT2D eigenvalue weighted by atomic mass is 15.2. The Bertz CT molecular complexity index is 4280. The summed E-state index contributed by atoms with van der Waals surface area (Å²) >= 11 is 0. The van der Waals surface area contributed by atoms with Gasteiger partial charge in [0.1, 0.15) is 0 Å². The van der Waals surface area contributed by atoms with E-state index in [1.807, 2.05) is 0 Å². The third kappa shape index (κ3) is 7.99. The maximum absolute atomic E-state index is 4.01. The summed E-state index contributed by atoms with van der Waals surface area (Å²) in [5, 5.41) is 9.01. The SMILES string of the molecule is Cc1ccc(N(c2ccc(C)cc2C)c2cc3c(c4ccccc24)-c2cc(-c4cc5c(cc4Nc4ccccc4)C(C)(C)c4cc(N(c6ccc(C)cc6C)c6ccc(C)cc6C)c6ccccc6c4-5)c(C)cc2C3(C)C)c(C)c1. The van der Waals surface area contributed by atoms with Crippen LogP contribution in [0.1, 0.15) is 100 Å². The number of nitrogens with zero attached hydrogens (tertiary/aromatic N) is 2. The predicted molar refractivity (Wildman–Crippen MR) is 344 cm³/mol. The second kappa shape index (κ2) is 18.7. The van der Waals surface area contributed by atoms with Crippen molar-refractivity contribution in [2.75, 3.05) is 15.1 Å². The quantitative estimate of drug-likeness (QED) is 0.155. The fourth-order valence-electron chi connectivity index (χ4n) is 14.0. The molecule has 11 aromatic carbocycles. The monoisotopic (exact) mass is 1040 g/mol. The maximum Gasteiger partial charge on any atom is 0.0543 e. The lowest BCUT2D eigenvalue weighted by Crippen LogP contribution is -2.18. The molecule has 0 radical (unpaired) electrons. The molecule has 3 heteroatoms. The van der Waals surface area contributed by atoms with E-state index in [-0.39, 0.29) is 10.8 Å². The largest absolute Gasteiger partial charge is 0.355 e. The van der Waals surface area contributed by atoms with Crippen LogP contribution >= 0.6 is 0 Å². The van der Waals surface area contributed by atoms with Gasteiger partial charge in [-0.25, -0.2) is 0 Å². The molecular formula is C77H71N3. The maximum atomic E-state index is 4.01. The van der Waals surface area contributed by atoms with Gasteiger partial charge in [0, 0.05) is 61.3 Å². The van der Waals surface area contributed by atoms with Crippen molar-refractivity contribution in [3.8, 4) is 33.4 Å². The third-order valence-electron chi connectivity index (χ3n) is 18.0. The van der Waals surface area contributed by atoms with Gasteiger partial charge in [0.2, 0.25) is 0 Å². The number of hydrogen-bond acceptors (Lipinski definition) is 3. The molecule has 0 saturated carbocycles. The topological polar surface area (TPSA) is 18.5 Å². The van der Waals surface area contributed by atoms with E-state index in [0.717, 1.165) is 11.4 Å². The van der Waals surface area contributed by atoms with Crippen LogP contribution in [0.15, 0.2) is 188 Å². The third-order valence-corrected chi connectivity index (χ3v) is 18.0. The Hall–Kier alpha value is -8.66. The summed E-state index contributed by atoms with van der Waals surface area (Å²) < 4.78 is 0. The van der Waals surface area contributed by atoms with Crippen molar-refractivity contribution in [2.24, 2.45) is 0 Å². The first kappa shape index (κ1) is 50.8. The first-order valence-electron chi connectivity index (χ1n) is 28.6. The van der Waals surface area contributed by atoms with Crippen LogP contribution in [0.25, 0.3) is 54.9 Å². The Kier molecular flexibility index (Phi) is 11.9. The molecule has 0 spiro atoms. The van der Waals surface area contributed by atoms with Crippen LogP contribution in [0.3, 0.4) is 0 Å². The average Bonchev–Trinajstić information content (AvgIpc) is 3.95. The van der Waals surface area contributed by atoms with Crippen LogP contribution in [0, 0.1) is 62.3 Å². The van der Waals surface area contributed by atoms with Crippen LogP contribution in [-0.4, -0.2) is 0 Å². The number of aryl methyl sites for hydroxylation is 9. The summed E-state index contributed by atoms with van der Waals surface area (Å²) in [5.74, 6) is 0. The molecule has 1 N–H and O–H groups in total. The van der Waals surface area contributed by atoms with Crippen molar-refractivity contribution in [3.63, 3.8) is 0 Å². The van der Waals surface area contributed by atoms with Crippen molar-refractivity contribution < 1.29 is 0 Å². The highest BCUT2D eigenvalue weighted by molar-refractivity contribution is 6.13. The van der Waals surface area contributed by atoms with Gasteiger partial charge in [-0.1, -0.05) is 171 Å². The van der Waals surface area contributed by atoms with Crippen LogP contribution < -0.4 is 15.1 Å². The van der Waals surface area contributed by atoms with E-state index in [2.05, 4.69) is 293 Å². The molecule has 2 aliphatic carbocycles. The first-order valence-corrected chi connectivity index (χ1v) is 28.6. The van der Waals surface area contributed by atoms with Gasteiger partial charge in [0.05, 0.1) is 11.4 Å². The minimum Gasteiger partial charge on any atom is -0.355 e. The summed E-state index contributed by atoms with van der Waals surface area (Å²) in [5.41, 5.74) is 33.1. The van der Waals surface area contributed by atoms with E-state index >= 15 is 0 Å². The Morgan fingerprint density at radius 1 is 0.287 bits per heavy atom. The van der Waals surface area contributed by atoms with Crippen molar-refractivity contribution >= 4 is 67.0 Å². The summed E-state index contributed by atoms with van der Waals surface area (Å²) in [6, 6.07) is 71.7. The molecule has 11 aromatic rings. The number of para-hydroxylation sites is 1. The minimum absolute atomic E-state index is 0.284. The van der Waals surface area contributed by atoms with E-state index < -0.39 is 0 Å². The molecule has 0 amide bonds. The Labute approximate surface area is 474 Å². The highest BCUT2D eigenvalue weighted by Crippen LogP contribution is 2.60. The molecule has 394 valence electrons. The van der Waals surface area contributed by atoms with Gasteiger partial charge in [-0.3, -0.25) is 0 Å². The number of benzene rings is 11. The molecule has 13 rings (SSSR count). The average molecular weight is 1040 g/mol. The van der Waals surface area contributed by atoms with Gasteiger partial charge >= 0.3 is 0 Å². The Balaban J connectivity index is 1.04. The predicted octanol–water partition coefficient (Wildman–Crippen LogP) is 21.7. The van der Waals surface area contributed by atoms with Gasteiger partial charge in [0.25, 0.3) is 0 Å². The smallest absolute Gasteiger partial charge is 0.0543 e. The van der Waals surface area contributed by atoms with Crippen molar-refractivity contribution in [3.05, 3.63) is 260 Å². The molecule has 0 atom stereocenters. The lowest BCUT2D eigenvalue weighted by molar-refractivity contribution is 0.660.